The highest BCUT2D eigenvalue weighted by Gasteiger charge is 2.24. The van der Waals surface area contributed by atoms with Gasteiger partial charge in [-0.2, -0.15) is 0 Å². The monoisotopic (exact) mass is 454 g/mol. The lowest BCUT2D eigenvalue weighted by molar-refractivity contribution is 0.157. The van der Waals surface area contributed by atoms with Crippen LogP contribution in [0, 0.1) is 5.92 Å². The Morgan fingerprint density at radius 1 is 1.36 bits per heavy atom. The van der Waals surface area contributed by atoms with Gasteiger partial charge in [-0.05, 0) is 25.0 Å². The maximum Gasteiger partial charge on any atom is 0.194 e. The molecule has 2 heterocycles. The molecule has 0 aliphatic carbocycles. The molecule has 1 aliphatic rings. The van der Waals surface area contributed by atoms with Crippen LogP contribution in [0.2, 0.25) is 0 Å². The minimum Gasteiger partial charge on any atom is -0.384 e. The maximum atomic E-state index is 5.30. The van der Waals surface area contributed by atoms with Crippen molar-refractivity contribution >= 4 is 40.8 Å². The Balaban J connectivity index is 0.00000225. The molecule has 25 heavy (non-hydrogen) atoms. The second-order valence-electron chi connectivity index (χ2n) is 6.22. The molecule has 0 bridgehead atoms. The number of nitrogens with zero attached hydrogens (tertiary/aromatic N) is 3. The maximum absolute atomic E-state index is 5.30. The summed E-state index contributed by atoms with van der Waals surface area (Å²) in [5.74, 6) is 1.59. The van der Waals surface area contributed by atoms with E-state index in [0.717, 1.165) is 55.1 Å². The van der Waals surface area contributed by atoms with Gasteiger partial charge in [0.05, 0.1) is 18.7 Å². The van der Waals surface area contributed by atoms with Crippen LogP contribution in [0.5, 0.6) is 0 Å². The minimum absolute atomic E-state index is 0. The number of fused-ring (bicyclic) bond motifs is 1. The zero-order valence-corrected chi connectivity index (χ0v) is 17.3. The van der Waals surface area contributed by atoms with E-state index in [1.807, 2.05) is 12.3 Å². The molecule has 1 unspecified atom stereocenters. The number of nitrogens with one attached hydrogen (secondary N) is 1. The average Bonchev–Trinajstić information content (AvgIpc) is 3.07. The van der Waals surface area contributed by atoms with Crippen molar-refractivity contribution < 1.29 is 4.74 Å². The topological polar surface area (TPSA) is 49.8 Å². The minimum atomic E-state index is 0. The Labute approximate surface area is 166 Å². The largest absolute Gasteiger partial charge is 0.384 e. The zero-order chi connectivity index (χ0) is 16.8. The number of rotatable bonds is 5. The molecule has 0 amide bonds. The first-order valence-electron chi connectivity index (χ1n) is 8.66. The number of pyridine rings is 1. The fourth-order valence-corrected chi connectivity index (χ4v) is 3.28. The average molecular weight is 454 g/mol. The lowest BCUT2D eigenvalue weighted by atomic mass is 10.1. The Morgan fingerprint density at radius 3 is 3.00 bits per heavy atom. The lowest BCUT2D eigenvalue weighted by Gasteiger charge is -2.21. The van der Waals surface area contributed by atoms with E-state index < -0.39 is 0 Å². The summed E-state index contributed by atoms with van der Waals surface area (Å²) >= 11 is 0. The Morgan fingerprint density at radius 2 is 2.20 bits per heavy atom. The number of methoxy groups -OCH3 is 1. The quantitative estimate of drug-likeness (QED) is 0.428. The summed E-state index contributed by atoms with van der Waals surface area (Å²) < 4.78 is 5.30. The molecule has 2 aromatic rings. The number of para-hydroxylation sites is 1. The third-order valence-corrected chi connectivity index (χ3v) is 4.44. The highest BCUT2D eigenvalue weighted by Crippen LogP contribution is 2.19. The van der Waals surface area contributed by atoms with E-state index in [-0.39, 0.29) is 24.0 Å². The second kappa shape index (κ2) is 9.91. The summed E-state index contributed by atoms with van der Waals surface area (Å²) in [7, 11) is 1.77. The van der Waals surface area contributed by atoms with Crippen molar-refractivity contribution in [3.63, 3.8) is 0 Å². The van der Waals surface area contributed by atoms with E-state index in [2.05, 4.69) is 46.4 Å². The van der Waals surface area contributed by atoms with Gasteiger partial charge in [0.15, 0.2) is 5.96 Å². The summed E-state index contributed by atoms with van der Waals surface area (Å²) in [6.07, 6.45) is 3.00. The van der Waals surface area contributed by atoms with Crippen LogP contribution in [0.3, 0.4) is 0 Å². The van der Waals surface area contributed by atoms with Crippen LogP contribution in [-0.2, 0) is 11.3 Å². The van der Waals surface area contributed by atoms with Crippen LogP contribution in [0.1, 0.15) is 18.9 Å². The molecular weight excluding hydrogens is 427 g/mol. The van der Waals surface area contributed by atoms with Gasteiger partial charge in [0, 0.05) is 44.2 Å². The van der Waals surface area contributed by atoms with E-state index >= 15 is 0 Å². The van der Waals surface area contributed by atoms with Crippen molar-refractivity contribution in [1.82, 2.24) is 15.2 Å². The predicted octanol–water partition coefficient (Wildman–Crippen LogP) is 3.29. The van der Waals surface area contributed by atoms with Crippen LogP contribution >= 0.6 is 24.0 Å². The first kappa shape index (κ1) is 19.9. The first-order chi connectivity index (χ1) is 11.8. The summed E-state index contributed by atoms with van der Waals surface area (Å²) in [5.41, 5.74) is 2.20. The second-order valence-corrected chi connectivity index (χ2v) is 6.22. The number of likely N-dealkylation sites (tertiary alicyclic amines) is 1. The molecule has 0 spiro atoms. The Kier molecular flexibility index (Phi) is 7.90. The van der Waals surface area contributed by atoms with E-state index in [0.29, 0.717) is 12.5 Å². The number of guanidine groups is 1. The van der Waals surface area contributed by atoms with Gasteiger partial charge in [-0.25, -0.2) is 4.99 Å². The third kappa shape index (κ3) is 5.04. The number of halogens is 1. The molecule has 1 aromatic carbocycles. The molecule has 1 N–H and O–H groups in total. The fraction of sp³-hybridized carbons (Fsp3) is 0.474. The van der Waals surface area contributed by atoms with Gasteiger partial charge in [-0.3, -0.25) is 4.98 Å². The molecule has 1 aromatic heterocycles. The number of aliphatic imine (C=N–C) groups is 1. The molecule has 1 aliphatic heterocycles. The fourth-order valence-electron chi connectivity index (χ4n) is 3.28. The van der Waals surface area contributed by atoms with E-state index in [4.69, 9.17) is 9.73 Å². The van der Waals surface area contributed by atoms with Crippen molar-refractivity contribution in [1.29, 1.82) is 0 Å². The van der Waals surface area contributed by atoms with Gasteiger partial charge in [0.1, 0.15) is 0 Å². The number of benzene rings is 1. The molecule has 1 fully saturated rings. The predicted molar refractivity (Wildman–Crippen MR) is 114 cm³/mol. The molecule has 136 valence electrons. The van der Waals surface area contributed by atoms with Crippen molar-refractivity contribution in [3.05, 3.63) is 42.1 Å². The van der Waals surface area contributed by atoms with E-state index in [1.54, 1.807) is 7.11 Å². The summed E-state index contributed by atoms with van der Waals surface area (Å²) in [6.45, 7) is 6.49. The smallest absolute Gasteiger partial charge is 0.194 e. The standard InChI is InChI=1S/C19H26N4O.HI/c1-3-20-19(23-11-9-15(13-23)14-24-2)22-12-17-7-4-6-16-8-5-10-21-18(16)17;/h4-8,10,15H,3,9,11-14H2,1-2H3,(H,20,22);1H. The van der Waals surface area contributed by atoms with E-state index in [1.165, 1.54) is 0 Å². The number of ether oxygens (including phenoxy) is 1. The van der Waals surface area contributed by atoms with E-state index in [9.17, 15) is 0 Å². The van der Waals surface area contributed by atoms with Crippen molar-refractivity contribution in [2.45, 2.75) is 19.9 Å². The van der Waals surface area contributed by atoms with Crippen molar-refractivity contribution in [2.24, 2.45) is 10.9 Å². The third-order valence-electron chi connectivity index (χ3n) is 4.44. The van der Waals surface area contributed by atoms with Crippen LogP contribution in [0.4, 0.5) is 0 Å². The van der Waals surface area contributed by atoms with Crippen LogP contribution in [-0.4, -0.2) is 49.2 Å². The van der Waals surface area contributed by atoms with Crippen LogP contribution in [0.15, 0.2) is 41.5 Å². The molecule has 0 saturated carbocycles. The van der Waals surface area contributed by atoms with Gasteiger partial charge in [-0.15, -0.1) is 24.0 Å². The van der Waals surface area contributed by atoms with Gasteiger partial charge in [0.25, 0.3) is 0 Å². The highest BCUT2D eigenvalue weighted by molar-refractivity contribution is 14.0. The molecule has 1 atom stereocenters. The number of hydrogen-bond acceptors (Lipinski definition) is 3. The van der Waals surface area contributed by atoms with Crippen LogP contribution < -0.4 is 5.32 Å². The summed E-state index contributed by atoms with van der Waals surface area (Å²) in [4.78, 5) is 11.7. The SMILES string of the molecule is CCNC(=NCc1cccc2cccnc12)N1CCC(COC)C1.I. The molecule has 0 radical (unpaired) electrons. The van der Waals surface area contributed by atoms with Gasteiger partial charge < -0.3 is 15.0 Å². The van der Waals surface area contributed by atoms with Gasteiger partial charge in [-0.1, -0.05) is 24.3 Å². The Bertz CT molecular complexity index is 701. The first-order valence-corrected chi connectivity index (χ1v) is 8.66. The molecule has 3 rings (SSSR count). The molecule has 6 heteroatoms. The van der Waals surface area contributed by atoms with Gasteiger partial charge in [0.2, 0.25) is 0 Å². The molecule has 5 nitrogen and oxygen atoms in total. The lowest BCUT2D eigenvalue weighted by Crippen LogP contribution is -2.40. The zero-order valence-electron chi connectivity index (χ0n) is 14.9. The van der Waals surface area contributed by atoms with Crippen molar-refractivity contribution in [3.8, 4) is 0 Å². The van der Waals surface area contributed by atoms with Gasteiger partial charge >= 0.3 is 0 Å². The summed E-state index contributed by atoms with van der Waals surface area (Å²) in [5, 5.41) is 4.58. The van der Waals surface area contributed by atoms with Crippen molar-refractivity contribution in [2.75, 3.05) is 33.4 Å². The molecule has 1 saturated heterocycles. The van der Waals surface area contributed by atoms with Crippen LogP contribution in [0.25, 0.3) is 10.9 Å². The normalized spacial score (nSPS) is 17.6. The number of hydrogen-bond donors (Lipinski definition) is 1. The molecular formula is C19H27IN4O. The number of aromatic nitrogens is 1. The summed E-state index contributed by atoms with van der Waals surface area (Å²) in [6, 6.07) is 10.3. The highest BCUT2D eigenvalue weighted by atomic mass is 127. The Hall–Kier alpha value is -1.41.